The van der Waals surface area contributed by atoms with Crippen LogP contribution in [0.4, 0.5) is 0 Å². The first-order chi connectivity index (χ1) is 8.08. The van der Waals surface area contributed by atoms with E-state index in [2.05, 4.69) is 48.1 Å². The Morgan fingerprint density at radius 1 is 1.18 bits per heavy atom. The third-order valence-corrected chi connectivity index (χ3v) is 3.08. The fraction of sp³-hybridized carbons (Fsp3) is 0.286. The first-order valence-corrected chi connectivity index (χ1v) is 6.15. The minimum absolute atomic E-state index is 0.526. The van der Waals surface area contributed by atoms with Crippen LogP contribution in [0.25, 0.3) is 11.3 Å². The minimum atomic E-state index is 0.526. The highest BCUT2D eigenvalue weighted by Gasteiger charge is 2.04. The second-order valence-electron chi connectivity index (χ2n) is 4.52. The Labute approximate surface area is 107 Å². The number of H-pyrrole nitrogens is 1. The number of aromatic nitrogens is 2. The summed E-state index contributed by atoms with van der Waals surface area (Å²) in [4.78, 5) is 7.21. The number of rotatable bonds is 2. The first-order valence-electron chi connectivity index (χ1n) is 5.74. The summed E-state index contributed by atoms with van der Waals surface area (Å²) in [5, 5.41) is 0. The van der Waals surface area contributed by atoms with Crippen molar-refractivity contribution in [3.63, 3.8) is 0 Å². The zero-order valence-electron chi connectivity index (χ0n) is 10.3. The van der Waals surface area contributed by atoms with E-state index in [4.69, 9.17) is 12.2 Å². The Kier molecular flexibility index (Phi) is 3.38. The number of aromatic amines is 1. The van der Waals surface area contributed by atoms with Crippen molar-refractivity contribution in [2.45, 2.75) is 26.7 Å². The van der Waals surface area contributed by atoms with E-state index >= 15 is 0 Å². The van der Waals surface area contributed by atoms with Gasteiger partial charge in [-0.25, -0.2) is 4.98 Å². The SMILES string of the molecule is Cc1cnc(=S)[nH]c1-c1ccc(C(C)C)cc1. The maximum Gasteiger partial charge on any atom is 0.197 e. The van der Waals surface area contributed by atoms with Gasteiger partial charge in [0.1, 0.15) is 0 Å². The molecule has 88 valence electrons. The summed E-state index contributed by atoms with van der Waals surface area (Å²) in [6.45, 7) is 6.42. The molecule has 0 aliphatic carbocycles. The molecule has 0 saturated carbocycles. The van der Waals surface area contributed by atoms with Crippen LogP contribution in [0.1, 0.15) is 30.9 Å². The van der Waals surface area contributed by atoms with E-state index < -0.39 is 0 Å². The molecule has 3 heteroatoms. The van der Waals surface area contributed by atoms with E-state index in [-0.39, 0.29) is 0 Å². The fourth-order valence-corrected chi connectivity index (χ4v) is 1.95. The third kappa shape index (κ3) is 2.61. The Hall–Kier alpha value is -1.48. The lowest BCUT2D eigenvalue weighted by molar-refractivity contribution is 0.867. The third-order valence-electron chi connectivity index (χ3n) is 2.87. The van der Waals surface area contributed by atoms with Crippen LogP contribution in [0, 0.1) is 11.7 Å². The van der Waals surface area contributed by atoms with Gasteiger partial charge in [0.15, 0.2) is 4.77 Å². The Morgan fingerprint density at radius 2 is 1.82 bits per heavy atom. The maximum absolute atomic E-state index is 5.06. The normalized spacial score (nSPS) is 10.8. The standard InChI is InChI=1S/C14H16N2S/c1-9(2)11-4-6-12(7-5-11)13-10(3)8-15-14(17)16-13/h4-9H,1-3H3,(H,15,16,17). The lowest BCUT2D eigenvalue weighted by atomic mass is 10.00. The summed E-state index contributed by atoms with van der Waals surface area (Å²) in [5.74, 6) is 0.557. The predicted molar refractivity (Wildman–Crippen MR) is 73.7 cm³/mol. The minimum Gasteiger partial charge on any atom is -0.330 e. The van der Waals surface area contributed by atoms with E-state index in [9.17, 15) is 0 Å². The van der Waals surface area contributed by atoms with Crippen molar-refractivity contribution in [1.82, 2.24) is 9.97 Å². The molecule has 0 aliphatic rings. The molecular formula is C14H16N2S. The van der Waals surface area contributed by atoms with Gasteiger partial charge in [-0.15, -0.1) is 0 Å². The molecular weight excluding hydrogens is 228 g/mol. The van der Waals surface area contributed by atoms with Crippen LogP contribution < -0.4 is 0 Å². The first kappa shape index (κ1) is 12.0. The van der Waals surface area contributed by atoms with Gasteiger partial charge in [-0.05, 0) is 41.7 Å². The summed E-state index contributed by atoms with van der Waals surface area (Å²) in [5.41, 5.74) is 4.66. The molecule has 0 amide bonds. The van der Waals surface area contributed by atoms with Gasteiger partial charge in [0.05, 0.1) is 5.69 Å². The molecule has 2 nitrogen and oxygen atoms in total. The molecule has 0 aliphatic heterocycles. The van der Waals surface area contributed by atoms with Gasteiger partial charge in [0.2, 0.25) is 0 Å². The largest absolute Gasteiger partial charge is 0.330 e. The van der Waals surface area contributed by atoms with E-state index in [0.717, 1.165) is 16.8 Å². The number of nitrogens with zero attached hydrogens (tertiary/aromatic N) is 1. The second kappa shape index (κ2) is 4.80. The van der Waals surface area contributed by atoms with Gasteiger partial charge in [0, 0.05) is 6.20 Å². The molecule has 0 atom stereocenters. The van der Waals surface area contributed by atoms with Crippen molar-refractivity contribution >= 4 is 12.2 Å². The summed E-state index contributed by atoms with van der Waals surface area (Å²) >= 11 is 5.06. The highest BCUT2D eigenvalue weighted by atomic mass is 32.1. The van der Waals surface area contributed by atoms with Crippen LogP contribution in [-0.4, -0.2) is 9.97 Å². The Morgan fingerprint density at radius 3 is 2.41 bits per heavy atom. The average molecular weight is 244 g/mol. The second-order valence-corrected chi connectivity index (χ2v) is 4.91. The van der Waals surface area contributed by atoms with Crippen LogP contribution in [-0.2, 0) is 0 Å². The summed E-state index contributed by atoms with van der Waals surface area (Å²) < 4.78 is 0.526. The lowest BCUT2D eigenvalue weighted by Crippen LogP contribution is -1.92. The van der Waals surface area contributed by atoms with Gasteiger partial charge < -0.3 is 4.98 Å². The fourth-order valence-electron chi connectivity index (χ4n) is 1.79. The molecule has 0 bridgehead atoms. The molecule has 0 fully saturated rings. The number of aryl methyl sites for hydroxylation is 1. The zero-order valence-corrected chi connectivity index (χ0v) is 11.1. The van der Waals surface area contributed by atoms with Crippen LogP contribution in [0.15, 0.2) is 30.5 Å². The number of nitrogens with one attached hydrogen (secondary N) is 1. The van der Waals surface area contributed by atoms with E-state index in [1.807, 2.05) is 13.1 Å². The topological polar surface area (TPSA) is 28.7 Å². The van der Waals surface area contributed by atoms with E-state index in [1.54, 1.807) is 0 Å². The molecule has 0 unspecified atom stereocenters. The van der Waals surface area contributed by atoms with E-state index in [1.165, 1.54) is 5.56 Å². The molecule has 0 radical (unpaired) electrons. The van der Waals surface area contributed by atoms with Crippen LogP contribution in [0.2, 0.25) is 0 Å². The smallest absolute Gasteiger partial charge is 0.197 e. The zero-order chi connectivity index (χ0) is 12.4. The quantitative estimate of drug-likeness (QED) is 0.800. The molecule has 1 aromatic heterocycles. The van der Waals surface area contributed by atoms with Crippen molar-refractivity contribution in [3.05, 3.63) is 46.4 Å². The number of benzene rings is 1. The number of hydrogen-bond donors (Lipinski definition) is 1. The van der Waals surface area contributed by atoms with Crippen molar-refractivity contribution in [2.24, 2.45) is 0 Å². The molecule has 0 spiro atoms. The van der Waals surface area contributed by atoms with Crippen molar-refractivity contribution in [3.8, 4) is 11.3 Å². The average Bonchev–Trinajstić information content (AvgIpc) is 2.32. The molecule has 1 aromatic carbocycles. The highest BCUT2D eigenvalue weighted by Crippen LogP contribution is 2.23. The van der Waals surface area contributed by atoms with Gasteiger partial charge in [-0.2, -0.15) is 0 Å². The molecule has 1 heterocycles. The Balaban J connectivity index is 2.46. The van der Waals surface area contributed by atoms with E-state index in [0.29, 0.717) is 10.7 Å². The highest BCUT2D eigenvalue weighted by molar-refractivity contribution is 7.71. The number of hydrogen-bond acceptors (Lipinski definition) is 2. The van der Waals surface area contributed by atoms with Crippen LogP contribution >= 0.6 is 12.2 Å². The lowest BCUT2D eigenvalue weighted by Gasteiger charge is -2.08. The maximum atomic E-state index is 5.06. The summed E-state index contributed by atoms with van der Waals surface area (Å²) in [6.07, 6.45) is 1.81. The van der Waals surface area contributed by atoms with Crippen molar-refractivity contribution in [2.75, 3.05) is 0 Å². The molecule has 2 aromatic rings. The van der Waals surface area contributed by atoms with Gasteiger partial charge in [-0.3, -0.25) is 0 Å². The van der Waals surface area contributed by atoms with Gasteiger partial charge in [0.25, 0.3) is 0 Å². The van der Waals surface area contributed by atoms with Crippen molar-refractivity contribution in [1.29, 1.82) is 0 Å². The van der Waals surface area contributed by atoms with Crippen LogP contribution in [0.5, 0.6) is 0 Å². The monoisotopic (exact) mass is 244 g/mol. The van der Waals surface area contributed by atoms with Gasteiger partial charge in [-0.1, -0.05) is 38.1 Å². The van der Waals surface area contributed by atoms with Gasteiger partial charge >= 0.3 is 0 Å². The van der Waals surface area contributed by atoms with Crippen LogP contribution in [0.3, 0.4) is 0 Å². The predicted octanol–water partition coefficient (Wildman–Crippen LogP) is 4.24. The van der Waals surface area contributed by atoms with Crippen molar-refractivity contribution < 1.29 is 0 Å². The molecule has 0 saturated heterocycles. The molecule has 17 heavy (non-hydrogen) atoms. The summed E-state index contributed by atoms with van der Waals surface area (Å²) in [7, 11) is 0. The molecule has 2 rings (SSSR count). The molecule has 1 N–H and O–H groups in total. The Bertz CT molecular complexity index is 568. The summed E-state index contributed by atoms with van der Waals surface area (Å²) in [6, 6.07) is 8.58.